The normalized spacial score (nSPS) is 28.3. The van der Waals surface area contributed by atoms with Gasteiger partial charge in [-0.05, 0) is 12.0 Å². The molecule has 1 heterocycles. The van der Waals surface area contributed by atoms with Crippen LogP contribution in [0.4, 0.5) is 8.78 Å². The first-order valence-electron chi connectivity index (χ1n) is 1.83. The molecule has 0 atom stereocenters. The van der Waals surface area contributed by atoms with Gasteiger partial charge >= 0.3 is 0 Å². The summed E-state index contributed by atoms with van der Waals surface area (Å²) in [7, 11) is 0. The molecule has 1 rings (SSSR count). The van der Waals surface area contributed by atoms with E-state index in [2.05, 4.69) is 4.18 Å². The zero-order valence-electron chi connectivity index (χ0n) is 3.49. The molecule has 1 saturated heterocycles. The Balaban J connectivity index is 2.40. The maximum Gasteiger partial charge on any atom is 0.283 e. The van der Waals surface area contributed by atoms with Gasteiger partial charge in [0, 0.05) is 0 Å². The second-order valence-corrected chi connectivity index (χ2v) is 2.14. The lowest BCUT2D eigenvalue weighted by atomic mass is 10.4. The molecule has 0 aromatic heterocycles. The van der Waals surface area contributed by atoms with E-state index >= 15 is 0 Å². The van der Waals surface area contributed by atoms with Crippen molar-refractivity contribution in [3.05, 3.63) is 0 Å². The lowest BCUT2D eigenvalue weighted by Gasteiger charge is -1.99. The van der Waals surface area contributed by atoms with Crippen LogP contribution in [0.3, 0.4) is 0 Å². The number of rotatable bonds is 0. The number of halogens is 2. The van der Waals surface area contributed by atoms with E-state index in [4.69, 9.17) is 0 Å². The number of hydrogen-bond acceptors (Lipinski definition) is 2. The summed E-state index contributed by atoms with van der Waals surface area (Å²) in [6, 6.07) is 0. The molecule has 0 aromatic rings. The molecular formula is C3H4F2OS. The average Bonchev–Trinajstić information content (AvgIpc) is 1.84. The van der Waals surface area contributed by atoms with Gasteiger partial charge in [-0.2, -0.15) is 0 Å². The molecule has 0 aliphatic carbocycles. The van der Waals surface area contributed by atoms with Crippen LogP contribution < -0.4 is 0 Å². The molecule has 0 spiro atoms. The van der Waals surface area contributed by atoms with Crippen LogP contribution in [-0.4, -0.2) is 18.3 Å². The summed E-state index contributed by atoms with van der Waals surface area (Å²) in [5.41, 5.74) is 0. The summed E-state index contributed by atoms with van der Waals surface area (Å²) in [5.74, 6) is -2.75. The highest BCUT2D eigenvalue weighted by molar-refractivity contribution is 7.94. The van der Waals surface area contributed by atoms with Crippen LogP contribution in [0.25, 0.3) is 0 Å². The van der Waals surface area contributed by atoms with Gasteiger partial charge in [0.25, 0.3) is 5.92 Å². The summed E-state index contributed by atoms with van der Waals surface area (Å²) < 4.78 is 27.9. The highest BCUT2D eigenvalue weighted by Crippen LogP contribution is 2.28. The molecule has 0 aromatic carbocycles. The molecule has 1 aliphatic heterocycles. The number of alkyl halides is 2. The first-order chi connectivity index (χ1) is 3.21. The maximum absolute atomic E-state index is 11.8. The van der Waals surface area contributed by atoms with E-state index in [1.54, 1.807) is 0 Å². The molecule has 1 fully saturated rings. The molecule has 0 bridgehead atoms. The van der Waals surface area contributed by atoms with Gasteiger partial charge in [-0.1, -0.05) is 0 Å². The average molecular weight is 126 g/mol. The molecule has 4 heteroatoms. The Morgan fingerprint density at radius 3 is 2.43 bits per heavy atom. The minimum Gasteiger partial charge on any atom is -0.309 e. The van der Waals surface area contributed by atoms with Gasteiger partial charge in [0.05, 0.1) is 5.75 Å². The van der Waals surface area contributed by atoms with Gasteiger partial charge in [0.2, 0.25) is 0 Å². The summed E-state index contributed by atoms with van der Waals surface area (Å²) >= 11 is 0.831. The predicted molar refractivity (Wildman–Crippen MR) is 23.4 cm³/mol. The second kappa shape index (κ2) is 1.59. The zero-order chi connectivity index (χ0) is 5.33. The van der Waals surface area contributed by atoms with Crippen LogP contribution in [0.15, 0.2) is 0 Å². The van der Waals surface area contributed by atoms with Crippen molar-refractivity contribution in [2.75, 3.05) is 12.4 Å². The molecule has 0 saturated carbocycles. The molecule has 0 amide bonds. The highest BCUT2D eigenvalue weighted by Gasteiger charge is 2.35. The van der Waals surface area contributed by atoms with E-state index < -0.39 is 12.5 Å². The summed E-state index contributed by atoms with van der Waals surface area (Å²) in [4.78, 5) is 0. The van der Waals surface area contributed by atoms with Gasteiger partial charge in [-0.25, -0.2) is 8.78 Å². The molecule has 0 unspecified atom stereocenters. The topological polar surface area (TPSA) is 9.23 Å². The Morgan fingerprint density at radius 1 is 1.57 bits per heavy atom. The van der Waals surface area contributed by atoms with Gasteiger partial charge in [0.1, 0.15) is 6.61 Å². The minimum absolute atomic E-state index is 0.187. The molecule has 1 nitrogen and oxygen atoms in total. The van der Waals surface area contributed by atoms with Crippen molar-refractivity contribution in [2.24, 2.45) is 0 Å². The lowest BCUT2D eigenvalue weighted by molar-refractivity contribution is 0.00518. The van der Waals surface area contributed by atoms with Crippen LogP contribution in [0.5, 0.6) is 0 Å². The Morgan fingerprint density at radius 2 is 2.29 bits per heavy atom. The molecular weight excluding hydrogens is 122 g/mol. The standard InChI is InChI=1S/C3H4F2OS/c4-3(5)1-6-7-2-3/h1-2H2. The zero-order valence-corrected chi connectivity index (χ0v) is 4.30. The molecule has 0 N–H and O–H groups in total. The lowest BCUT2D eigenvalue weighted by Crippen LogP contribution is -2.17. The maximum atomic E-state index is 11.8. The van der Waals surface area contributed by atoms with E-state index in [0.717, 1.165) is 12.0 Å². The summed E-state index contributed by atoms with van der Waals surface area (Å²) in [6.45, 7) is -0.419. The van der Waals surface area contributed by atoms with Crippen molar-refractivity contribution in [2.45, 2.75) is 5.92 Å². The van der Waals surface area contributed by atoms with Crippen molar-refractivity contribution in [1.82, 2.24) is 0 Å². The van der Waals surface area contributed by atoms with Crippen LogP contribution >= 0.6 is 12.0 Å². The van der Waals surface area contributed by atoms with Crippen LogP contribution in [0, 0.1) is 0 Å². The molecule has 0 radical (unpaired) electrons. The Labute approximate surface area is 44.2 Å². The molecule has 7 heavy (non-hydrogen) atoms. The van der Waals surface area contributed by atoms with Crippen LogP contribution in [0.2, 0.25) is 0 Å². The number of hydrogen-bond donors (Lipinski definition) is 0. The van der Waals surface area contributed by atoms with Crippen molar-refractivity contribution in [3.8, 4) is 0 Å². The van der Waals surface area contributed by atoms with Crippen molar-refractivity contribution < 1.29 is 13.0 Å². The smallest absolute Gasteiger partial charge is 0.283 e. The van der Waals surface area contributed by atoms with Crippen LogP contribution in [0.1, 0.15) is 0 Å². The van der Waals surface area contributed by atoms with Gasteiger partial charge in [0.15, 0.2) is 0 Å². The predicted octanol–water partition coefficient (Wildman–Crippen LogP) is 1.30. The fourth-order valence-electron chi connectivity index (χ4n) is 0.297. The van der Waals surface area contributed by atoms with E-state index in [9.17, 15) is 8.78 Å². The fraction of sp³-hybridized carbons (Fsp3) is 1.00. The van der Waals surface area contributed by atoms with E-state index in [1.165, 1.54) is 0 Å². The summed E-state index contributed by atoms with van der Waals surface area (Å²) in [5, 5.41) is 0. The van der Waals surface area contributed by atoms with Gasteiger partial charge in [-0.15, -0.1) is 0 Å². The van der Waals surface area contributed by atoms with Gasteiger partial charge in [-0.3, -0.25) is 0 Å². The third-order valence-corrected chi connectivity index (χ3v) is 1.45. The van der Waals surface area contributed by atoms with Crippen molar-refractivity contribution in [1.29, 1.82) is 0 Å². The SMILES string of the molecule is FC1(F)COSC1. The first-order valence-corrected chi connectivity index (χ1v) is 2.74. The van der Waals surface area contributed by atoms with Crippen LogP contribution in [-0.2, 0) is 4.18 Å². The van der Waals surface area contributed by atoms with E-state index in [-0.39, 0.29) is 5.75 Å². The molecule has 1 aliphatic rings. The first kappa shape index (κ1) is 5.31. The molecule has 42 valence electrons. The third kappa shape index (κ3) is 1.28. The highest BCUT2D eigenvalue weighted by atomic mass is 32.2. The largest absolute Gasteiger partial charge is 0.309 e. The second-order valence-electron chi connectivity index (χ2n) is 1.38. The quantitative estimate of drug-likeness (QED) is 0.452. The van der Waals surface area contributed by atoms with Crippen molar-refractivity contribution >= 4 is 12.0 Å². The Bertz CT molecular complexity index is 67.3. The third-order valence-electron chi connectivity index (χ3n) is 0.624. The minimum atomic E-state index is -2.56. The Kier molecular flexibility index (Phi) is 1.21. The fourth-order valence-corrected chi connectivity index (χ4v) is 0.892. The van der Waals surface area contributed by atoms with Crippen molar-refractivity contribution in [3.63, 3.8) is 0 Å². The van der Waals surface area contributed by atoms with E-state index in [0.29, 0.717) is 0 Å². The van der Waals surface area contributed by atoms with E-state index in [1.807, 2.05) is 0 Å². The summed E-state index contributed by atoms with van der Waals surface area (Å²) in [6.07, 6.45) is 0. The van der Waals surface area contributed by atoms with Gasteiger partial charge < -0.3 is 4.18 Å². The Hall–Kier alpha value is 0.170. The monoisotopic (exact) mass is 126 g/mol.